The number of para-hydroxylation sites is 2. The monoisotopic (exact) mass is 848 g/mol. The van der Waals surface area contributed by atoms with Crippen LogP contribution in [-0.2, 0) is 0 Å². The fourth-order valence-corrected chi connectivity index (χ4v) is 7.79. The molecule has 2 atom stereocenters. The van der Waals surface area contributed by atoms with Gasteiger partial charge in [-0.1, -0.05) is 73.1 Å². The maximum Gasteiger partial charge on any atom is 0.266 e. The number of nitrogens with zero attached hydrogens (tertiary/aromatic N) is 8. The summed E-state index contributed by atoms with van der Waals surface area (Å²) in [5.74, 6) is -0.0258. The molecule has 0 radical (unpaired) electrons. The average Bonchev–Trinajstić information content (AvgIpc) is 3.99. The van der Waals surface area contributed by atoms with E-state index in [0.717, 1.165) is 0 Å². The molecule has 6 aromatic heterocycles. The molecule has 308 valence electrons. The predicted molar refractivity (Wildman–Crippen MR) is 236 cm³/mol. The van der Waals surface area contributed by atoms with Gasteiger partial charge in [-0.25, -0.2) is 38.7 Å². The molecule has 10 rings (SSSR count). The molecule has 4 N–H and O–H groups in total. The van der Waals surface area contributed by atoms with Crippen molar-refractivity contribution in [2.75, 3.05) is 10.6 Å². The molecule has 0 bridgehead atoms. The number of aromatic nitrogens is 10. The molecule has 0 spiro atoms. The molecule has 0 fully saturated rings. The van der Waals surface area contributed by atoms with Gasteiger partial charge in [-0.3, -0.25) is 18.7 Å². The highest BCUT2D eigenvalue weighted by Crippen LogP contribution is 2.31. The molecule has 10 aromatic rings. The van der Waals surface area contributed by atoms with Gasteiger partial charge in [0.25, 0.3) is 11.1 Å². The number of anilines is 2. The zero-order valence-corrected chi connectivity index (χ0v) is 33.8. The van der Waals surface area contributed by atoms with Crippen LogP contribution in [0.2, 0.25) is 5.02 Å². The van der Waals surface area contributed by atoms with Gasteiger partial charge in [-0.15, -0.1) is 0 Å². The van der Waals surface area contributed by atoms with Gasteiger partial charge in [0.15, 0.2) is 22.9 Å². The summed E-state index contributed by atoms with van der Waals surface area (Å²) < 4.78 is 31.8. The molecule has 0 aliphatic rings. The molecular weight excluding hydrogens is 814 g/mol. The van der Waals surface area contributed by atoms with Crippen molar-refractivity contribution < 1.29 is 8.78 Å². The molecule has 0 amide bonds. The minimum Gasteiger partial charge on any atom is -0.360 e. The first kappa shape index (κ1) is 39.6. The van der Waals surface area contributed by atoms with Gasteiger partial charge in [-0.05, 0) is 72.6 Å². The van der Waals surface area contributed by atoms with Gasteiger partial charge in [0.2, 0.25) is 0 Å². The Balaban J connectivity index is 0.000000158. The van der Waals surface area contributed by atoms with Crippen molar-refractivity contribution in [3.05, 3.63) is 177 Å². The number of rotatable bonds is 9. The highest BCUT2D eigenvalue weighted by Gasteiger charge is 2.23. The largest absolute Gasteiger partial charge is 0.360 e. The summed E-state index contributed by atoms with van der Waals surface area (Å²) in [6.45, 7) is 3.92. The van der Waals surface area contributed by atoms with Crippen molar-refractivity contribution >= 4 is 67.1 Å². The Morgan fingerprint density at radius 1 is 0.629 bits per heavy atom. The van der Waals surface area contributed by atoms with Crippen LogP contribution in [0.4, 0.5) is 20.4 Å². The lowest BCUT2D eigenvalue weighted by molar-refractivity contribution is 0.629. The zero-order chi connectivity index (χ0) is 42.9. The van der Waals surface area contributed by atoms with E-state index in [9.17, 15) is 18.4 Å². The number of halogens is 3. The quantitative estimate of drug-likeness (QED) is 0.110. The van der Waals surface area contributed by atoms with E-state index in [1.807, 2.05) is 86.6 Å². The highest BCUT2D eigenvalue weighted by atomic mass is 35.5. The van der Waals surface area contributed by atoms with Crippen LogP contribution in [0.25, 0.3) is 55.2 Å². The summed E-state index contributed by atoms with van der Waals surface area (Å²) in [5.41, 5.74) is 4.32. The predicted octanol–water partition coefficient (Wildman–Crippen LogP) is 8.98. The fraction of sp³-hybridized carbons (Fsp3) is 0.111. The molecule has 6 heterocycles. The third kappa shape index (κ3) is 7.25. The minimum atomic E-state index is -0.632. The zero-order valence-electron chi connectivity index (χ0n) is 33.0. The molecule has 0 aliphatic heterocycles. The first-order valence-corrected chi connectivity index (χ1v) is 19.9. The number of aromatic amines is 2. The van der Waals surface area contributed by atoms with Gasteiger partial charge >= 0.3 is 0 Å². The Morgan fingerprint density at radius 2 is 1.18 bits per heavy atom. The van der Waals surface area contributed by atoms with E-state index in [0.29, 0.717) is 73.9 Å². The van der Waals surface area contributed by atoms with Crippen molar-refractivity contribution in [1.82, 2.24) is 49.0 Å². The Kier molecular flexibility index (Phi) is 10.6. The second-order valence-electron chi connectivity index (χ2n) is 14.2. The van der Waals surface area contributed by atoms with Crippen LogP contribution in [0.1, 0.15) is 43.7 Å². The minimum absolute atomic E-state index is 0.0722. The average molecular weight is 849 g/mol. The van der Waals surface area contributed by atoms with Crippen molar-refractivity contribution in [1.29, 1.82) is 0 Å². The number of hydrogen-bond donors (Lipinski definition) is 4. The maximum atomic E-state index is 14.6. The number of H-pyrrole nitrogens is 2. The number of pyridine rings is 2. The summed E-state index contributed by atoms with van der Waals surface area (Å²) in [4.78, 5) is 58.3. The first-order chi connectivity index (χ1) is 30.2. The van der Waals surface area contributed by atoms with E-state index in [-0.39, 0.29) is 27.9 Å². The Labute approximate surface area is 355 Å². The van der Waals surface area contributed by atoms with Gasteiger partial charge in [0, 0.05) is 22.8 Å². The molecular formula is C45H35ClF2N12O2. The van der Waals surface area contributed by atoms with Crippen LogP contribution in [0.5, 0.6) is 0 Å². The van der Waals surface area contributed by atoms with Crippen molar-refractivity contribution in [2.45, 2.75) is 32.4 Å². The fourth-order valence-electron chi connectivity index (χ4n) is 7.54. The summed E-state index contributed by atoms with van der Waals surface area (Å²) in [5, 5.41) is 7.88. The Bertz CT molecular complexity index is 3340. The number of benzene rings is 4. The van der Waals surface area contributed by atoms with E-state index in [1.54, 1.807) is 35.4 Å². The van der Waals surface area contributed by atoms with Crippen LogP contribution in [0, 0.1) is 11.6 Å². The smallest absolute Gasteiger partial charge is 0.266 e. The van der Waals surface area contributed by atoms with E-state index >= 15 is 0 Å². The van der Waals surface area contributed by atoms with Gasteiger partial charge in [0.1, 0.15) is 35.3 Å². The number of fused-ring (bicyclic) bond motifs is 4. The van der Waals surface area contributed by atoms with Crippen LogP contribution < -0.4 is 21.8 Å². The lowest BCUT2D eigenvalue weighted by Crippen LogP contribution is -2.27. The van der Waals surface area contributed by atoms with E-state index < -0.39 is 22.8 Å². The molecule has 14 nitrogen and oxygen atoms in total. The van der Waals surface area contributed by atoms with Crippen LogP contribution in [0.15, 0.2) is 138 Å². The molecule has 0 aliphatic carbocycles. The highest BCUT2D eigenvalue weighted by molar-refractivity contribution is 6.35. The summed E-state index contributed by atoms with van der Waals surface area (Å²) in [6.07, 6.45) is 6.63. The van der Waals surface area contributed by atoms with Crippen molar-refractivity contribution in [2.24, 2.45) is 0 Å². The molecule has 4 aromatic carbocycles. The SMILES string of the molecule is CC[C@H](Nc1ncnc2nc[nH]c12)c1cc2cccc(F)c2c(=O)n1-c1ccccc1.C[C@H](Nc1ncnc2nc[nH]c12)c1cc2ccc(F)c(Cl)c2c(=O)n1-c1ccccc1. The normalized spacial score (nSPS) is 12.3. The molecule has 17 heteroatoms. The third-order valence-electron chi connectivity index (χ3n) is 10.5. The molecule has 62 heavy (non-hydrogen) atoms. The molecule has 0 unspecified atom stereocenters. The number of imidazole rings is 2. The number of hydrogen-bond acceptors (Lipinski definition) is 10. The third-order valence-corrected chi connectivity index (χ3v) is 10.8. The number of nitrogens with one attached hydrogen (secondary N) is 4. The topological polar surface area (TPSA) is 177 Å². The van der Waals surface area contributed by atoms with E-state index in [2.05, 4.69) is 50.5 Å². The molecule has 0 saturated heterocycles. The second kappa shape index (κ2) is 16.7. The van der Waals surface area contributed by atoms with Crippen LogP contribution in [0.3, 0.4) is 0 Å². The van der Waals surface area contributed by atoms with E-state index in [1.165, 1.54) is 29.4 Å². The maximum absolute atomic E-state index is 14.6. The Hall–Kier alpha value is -7.85. The second-order valence-corrected chi connectivity index (χ2v) is 14.6. The first-order valence-electron chi connectivity index (χ1n) is 19.5. The summed E-state index contributed by atoms with van der Waals surface area (Å²) in [6, 6.07) is 29.0. The Morgan fingerprint density at radius 3 is 1.79 bits per heavy atom. The lowest BCUT2D eigenvalue weighted by Gasteiger charge is -2.23. The lowest BCUT2D eigenvalue weighted by atomic mass is 10.0. The van der Waals surface area contributed by atoms with Gasteiger partial charge < -0.3 is 20.6 Å². The summed E-state index contributed by atoms with van der Waals surface area (Å²) in [7, 11) is 0. The van der Waals surface area contributed by atoms with Crippen molar-refractivity contribution in [3.8, 4) is 11.4 Å². The van der Waals surface area contributed by atoms with Crippen LogP contribution in [-0.4, -0.2) is 49.0 Å². The van der Waals surface area contributed by atoms with Crippen molar-refractivity contribution in [3.63, 3.8) is 0 Å². The standard InChI is InChI=1S/C23H19FN6O.C22H16ClFN6O/c1-2-17(29-22-20-21(26-12-25-20)27-13-28-22)18-11-14-7-6-10-16(24)19(14)23(31)30(18)15-8-4-3-5-9-15;1-12(29-21-19-20(26-10-25-19)27-11-28-21)16-9-13-7-8-15(24)18(23)17(13)22(31)30(16)14-5-3-2-4-6-14/h3-13,17H,2H2,1H3,(H2,25,26,27,28,29);2-12H,1H3,(H2,25,26,27,28,29)/t17-;12-/m00/s1. The van der Waals surface area contributed by atoms with Crippen LogP contribution >= 0.6 is 11.6 Å². The van der Waals surface area contributed by atoms with Gasteiger partial charge in [-0.2, -0.15) is 0 Å². The van der Waals surface area contributed by atoms with E-state index in [4.69, 9.17) is 11.6 Å². The summed E-state index contributed by atoms with van der Waals surface area (Å²) >= 11 is 6.17. The van der Waals surface area contributed by atoms with Gasteiger partial charge in [0.05, 0.1) is 40.5 Å². The molecule has 0 saturated carbocycles.